The van der Waals surface area contributed by atoms with E-state index in [4.69, 9.17) is 32.7 Å². The highest BCUT2D eigenvalue weighted by Gasteiger charge is 2.13. The first-order valence-corrected chi connectivity index (χ1v) is 12.0. The van der Waals surface area contributed by atoms with Crippen LogP contribution in [0.3, 0.4) is 0 Å². The molecule has 0 bridgehead atoms. The zero-order chi connectivity index (χ0) is 22.7. The average Bonchev–Trinajstić information content (AvgIpc) is 3.20. The highest BCUT2D eigenvalue weighted by molar-refractivity contribution is 8.00. The first-order valence-electron chi connectivity index (χ1n) is 9.48. The summed E-state index contributed by atoms with van der Waals surface area (Å²) in [7, 11) is 3.09. The Kier molecular flexibility index (Phi) is 7.10. The third-order valence-corrected chi connectivity index (χ3v) is 7.57. The van der Waals surface area contributed by atoms with Crippen LogP contribution in [0.4, 0.5) is 5.69 Å². The summed E-state index contributed by atoms with van der Waals surface area (Å²) in [6.45, 7) is 0. The first-order chi connectivity index (χ1) is 15.5. The smallest absolute Gasteiger partial charge is 0.255 e. The van der Waals surface area contributed by atoms with Crippen LogP contribution in [-0.4, -0.2) is 25.1 Å². The van der Waals surface area contributed by atoms with Crippen LogP contribution in [0, 0.1) is 0 Å². The molecule has 32 heavy (non-hydrogen) atoms. The van der Waals surface area contributed by atoms with Gasteiger partial charge in [-0.25, -0.2) is 4.98 Å². The number of halogens is 2. The molecule has 0 aliphatic carbocycles. The lowest BCUT2D eigenvalue weighted by Gasteiger charge is -2.10. The Morgan fingerprint density at radius 2 is 1.78 bits per heavy atom. The second-order valence-corrected chi connectivity index (χ2v) is 9.74. The fourth-order valence-electron chi connectivity index (χ4n) is 3.03. The van der Waals surface area contributed by atoms with E-state index in [2.05, 4.69) is 10.3 Å². The molecule has 1 N–H and O–H groups in total. The fraction of sp³-hybridized carbons (Fsp3) is 0.130. The van der Waals surface area contributed by atoms with Crippen LogP contribution in [0.5, 0.6) is 11.5 Å². The summed E-state index contributed by atoms with van der Waals surface area (Å²) in [5, 5.41) is 4.21. The van der Waals surface area contributed by atoms with Crippen LogP contribution in [0.25, 0.3) is 10.2 Å². The van der Waals surface area contributed by atoms with Gasteiger partial charge >= 0.3 is 0 Å². The molecule has 0 atom stereocenters. The van der Waals surface area contributed by atoms with Crippen molar-refractivity contribution < 1.29 is 14.3 Å². The molecular formula is C23H18Cl2N2O3S2. The lowest BCUT2D eigenvalue weighted by atomic mass is 10.2. The van der Waals surface area contributed by atoms with E-state index >= 15 is 0 Å². The van der Waals surface area contributed by atoms with Crippen molar-refractivity contribution in [3.63, 3.8) is 0 Å². The quantitative estimate of drug-likeness (QED) is 0.270. The van der Waals surface area contributed by atoms with Gasteiger partial charge in [-0.15, -0.1) is 11.3 Å². The Hall–Kier alpha value is -2.45. The number of carbonyl (C=O) groups excluding carboxylic acids is 1. The van der Waals surface area contributed by atoms with E-state index in [1.807, 2.05) is 36.4 Å². The summed E-state index contributed by atoms with van der Waals surface area (Å²) in [5.74, 6) is 1.45. The van der Waals surface area contributed by atoms with E-state index < -0.39 is 0 Å². The number of rotatable bonds is 7. The summed E-state index contributed by atoms with van der Waals surface area (Å²) in [5.41, 5.74) is 2.92. The molecule has 1 heterocycles. The standard InChI is InChI=1S/C23H18Cl2N2O3S2/c1-29-19-9-6-13(10-20(19)30-2)22(28)26-14-7-8-18-21(11-14)32-23(27-18)31-12-15-16(24)4-3-5-17(15)25/h3-11H,12H2,1-2H3,(H,26,28). The van der Waals surface area contributed by atoms with E-state index in [9.17, 15) is 4.79 Å². The van der Waals surface area contributed by atoms with Crippen molar-refractivity contribution in [2.75, 3.05) is 19.5 Å². The number of nitrogens with zero attached hydrogens (tertiary/aromatic N) is 1. The van der Waals surface area contributed by atoms with Gasteiger partial charge in [0.05, 0.1) is 24.4 Å². The zero-order valence-corrected chi connectivity index (χ0v) is 20.3. The maximum Gasteiger partial charge on any atom is 0.255 e. The van der Waals surface area contributed by atoms with E-state index in [-0.39, 0.29) is 5.91 Å². The summed E-state index contributed by atoms with van der Waals surface area (Å²) >= 11 is 15.7. The monoisotopic (exact) mass is 504 g/mol. The molecule has 0 spiro atoms. The third-order valence-electron chi connectivity index (χ3n) is 4.67. The van der Waals surface area contributed by atoms with Crippen LogP contribution in [0.2, 0.25) is 10.0 Å². The van der Waals surface area contributed by atoms with Gasteiger partial charge in [-0.05, 0) is 54.1 Å². The van der Waals surface area contributed by atoms with Crippen LogP contribution in [-0.2, 0) is 5.75 Å². The van der Waals surface area contributed by atoms with Gasteiger partial charge in [0.25, 0.3) is 5.91 Å². The predicted octanol–water partition coefficient (Wildman–Crippen LogP) is 7.16. The van der Waals surface area contributed by atoms with Crippen molar-refractivity contribution in [3.05, 3.63) is 75.8 Å². The molecule has 1 aromatic heterocycles. The van der Waals surface area contributed by atoms with Crippen LogP contribution in [0.15, 0.2) is 58.9 Å². The van der Waals surface area contributed by atoms with Crippen LogP contribution in [0.1, 0.15) is 15.9 Å². The van der Waals surface area contributed by atoms with E-state index in [1.54, 1.807) is 48.4 Å². The number of hydrogen-bond acceptors (Lipinski definition) is 6. The highest BCUT2D eigenvalue weighted by atomic mass is 35.5. The Morgan fingerprint density at radius 1 is 1.03 bits per heavy atom. The molecule has 0 radical (unpaired) electrons. The fourth-order valence-corrected chi connectivity index (χ4v) is 5.88. The van der Waals surface area contributed by atoms with Crippen molar-refractivity contribution in [3.8, 4) is 11.5 Å². The van der Waals surface area contributed by atoms with E-state index in [0.717, 1.165) is 20.1 Å². The van der Waals surface area contributed by atoms with Crippen molar-refractivity contribution in [2.45, 2.75) is 10.1 Å². The maximum atomic E-state index is 12.7. The molecule has 4 aromatic rings. The van der Waals surface area contributed by atoms with Crippen LogP contribution >= 0.6 is 46.3 Å². The van der Waals surface area contributed by atoms with E-state index in [0.29, 0.717) is 38.5 Å². The molecule has 0 aliphatic rings. The zero-order valence-electron chi connectivity index (χ0n) is 17.1. The lowest BCUT2D eigenvalue weighted by Crippen LogP contribution is -2.12. The molecule has 164 valence electrons. The number of amides is 1. The number of thiazole rings is 1. The molecule has 0 saturated heterocycles. The number of hydrogen-bond donors (Lipinski definition) is 1. The Labute approximate surface area is 203 Å². The number of nitrogens with one attached hydrogen (secondary N) is 1. The number of aromatic nitrogens is 1. The van der Waals surface area contributed by atoms with E-state index in [1.165, 1.54) is 7.11 Å². The van der Waals surface area contributed by atoms with Gasteiger partial charge < -0.3 is 14.8 Å². The Balaban J connectivity index is 1.49. The predicted molar refractivity (Wildman–Crippen MR) is 133 cm³/mol. The van der Waals surface area contributed by atoms with Crippen LogP contribution < -0.4 is 14.8 Å². The first kappa shape index (κ1) is 22.7. The second kappa shape index (κ2) is 10.0. The number of benzene rings is 3. The highest BCUT2D eigenvalue weighted by Crippen LogP contribution is 2.36. The SMILES string of the molecule is COc1ccc(C(=O)Nc2ccc3nc(SCc4c(Cl)cccc4Cl)sc3c2)cc1OC. The molecule has 0 fully saturated rings. The van der Waals surface area contributed by atoms with Gasteiger partial charge in [-0.3, -0.25) is 4.79 Å². The number of carbonyl (C=O) groups is 1. The number of fused-ring (bicyclic) bond motifs is 1. The molecule has 4 rings (SSSR count). The lowest BCUT2D eigenvalue weighted by molar-refractivity contribution is 0.102. The number of methoxy groups -OCH3 is 2. The van der Waals surface area contributed by atoms with Crippen molar-refractivity contribution in [2.24, 2.45) is 0 Å². The van der Waals surface area contributed by atoms with Gasteiger partial charge in [0.15, 0.2) is 15.8 Å². The molecule has 3 aromatic carbocycles. The average molecular weight is 505 g/mol. The molecule has 0 saturated carbocycles. The van der Waals surface area contributed by atoms with Gasteiger partial charge in [-0.1, -0.05) is 41.0 Å². The largest absolute Gasteiger partial charge is 0.493 e. The summed E-state index contributed by atoms with van der Waals surface area (Å²) in [4.78, 5) is 17.4. The van der Waals surface area contributed by atoms with Crippen molar-refractivity contribution >= 4 is 68.1 Å². The summed E-state index contributed by atoms with van der Waals surface area (Å²) in [6.07, 6.45) is 0. The minimum Gasteiger partial charge on any atom is -0.493 e. The summed E-state index contributed by atoms with van der Waals surface area (Å²) in [6, 6.07) is 16.2. The molecule has 1 amide bonds. The van der Waals surface area contributed by atoms with Crippen molar-refractivity contribution in [1.82, 2.24) is 4.98 Å². The third kappa shape index (κ3) is 4.96. The van der Waals surface area contributed by atoms with Crippen molar-refractivity contribution in [1.29, 1.82) is 0 Å². The number of thioether (sulfide) groups is 1. The number of anilines is 1. The van der Waals surface area contributed by atoms with Gasteiger partial charge in [-0.2, -0.15) is 0 Å². The molecule has 9 heteroatoms. The number of ether oxygens (including phenoxy) is 2. The second-order valence-electron chi connectivity index (χ2n) is 6.68. The Morgan fingerprint density at radius 3 is 2.50 bits per heavy atom. The molecule has 0 unspecified atom stereocenters. The normalized spacial score (nSPS) is 10.9. The summed E-state index contributed by atoms with van der Waals surface area (Å²) < 4.78 is 12.4. The molecule has 0 aliphatic heterocycles. The minimum absolute atomic E-state index is 0.238. The molecular weight excluding hydrogens is 487 g/mol. The maximum absolute atomic E-state index is 12.7. The minimum atomic E-state index is -0.238. The Bertz CT molecular complexity index is 1270. The van der Waals surface area contributed by atoms with Gasteiger partial charge in [0.1, 0.15) is 0 Å². The van der Waals surface area contributed by atoms with Gasteiger partial charge in [0.2, 0.25) is 0 Å². The van der Waals surface area contributed by atoms with Gasteiger partial charge in [0, 0.05) is 27.0 Å². The molecule has 5 nitrogen and oxygen atoms in total. The topological polar surface area (TPSA) is 60.5 Å².